The Hall–Kier alpha value is -3.78. The number of aromatic nitrogens is 1. The lowest BCUT2D eigenvalue weighted by molar-refractivity contribution is -0.141. The van der Waals surface area contributed by atoms with Gasteiger partial charge in [-0.1, -0.05) is 48.5 Å². The monoisotopic (exact) mass is 432 g/mol. The molecular formula is C24H24N4O4. The predicted molar refractivity (Wildman–Crippen MR) is 120 cm³/mol. The Morgan fingerprint density at radius 3 is 2.62 bits per heavy atom. The highest BCUT2D eigenvalue weighted by Crippen LogP contribution is 2.23. The average molecular weight is 432 g/mol. The highest BCUT2D eigenvalue weighted by Gasteiger charge is 2.26. The molecule has 1 unspecified atom stereocenters. The molecule has 32 heavy (non-hydrogen) atoms. The molecule has 3 amide bonds. The molecule has 2 aromatic carbocycles. The van der Waals surface area contributed by atoms with Gasteiger partial charge >= 0.3 is 11.8 Å². The van der Waals surface area contributed by atoms with Crippen molar-refractivity contribution in [2.45, 2.75) is 13.0 Å². The number of rotatable bonds is 4. The molecule has 0 saturated carbocycles. The van der Waals surface area contributed by atoms with Crippen LogP contribution >= 0.6 is 0 Å². The van der Waals surface area contributed by atoms with Crippen LogP contribution in [0, 0.1) is 6.92 Å². The van der Waals surface area contributed by atoms with Crippen LogP contribution in [0.1, 0.15) is 17.4 Å². The highest BCUT2D eigenvalue weighted by atomic mass is 16.5. The van der Waals surface area contributed by atoms with E-state index in [-0.39, 0.29) is 18.6 Å². The van der Waals surface area contributed by atoms with Crippen molar-refractivity contribution in [3.63, 3.8) is 0 Å². The van der Waals surface area contributed by atoms with Crippen LogP contribution in [0.15, 0.2) is 60.7 Å². The van der Waals surface area contributed by atoms with Crippen molar-refractivity contribution in [2.75, 3.05) is 31.6 Å². The number of benzene rings is 2. The molecule has 3 aromatic rings. The molecule has 1 aliphatic rings. The van der Waals surface area contributed by atoms with E-state index in [1.165, 1.54) is 0 Å². The van der Waals surface area contributed by atoms with Gasteiger partial charge in [-0.3, -0.25) is 19.4 Å². The van der Waals surface area contributed by atoms with Gasteiger partial charge in [0.2, 0.25) is 5.91 Å². The largest absolute Gasteiger partial charge is 0.370 e. The molecule has 0 radical (unpaired) electrons. The number of hydrogen-bond donors (Lipinski definition) is 2. The number of hydrogen-bond acceptors (Lipinski definition) is 5. The standard InChI is InChI=1S/C24H24N4O4/c1-16-13-20(18-9-5-6-10-19(18)26-16)27-24(31)23(30)25-14-22(29)28-11-12-32-21(15-28)17-7-3-2-4-8-17/h2-10,13,21H,11-12,14-15H2,1H3,(H,25,30)(H,26,27,31). The van der Waals surface area contributed by atoms with Crippen LogP contribution in [-0.4, -0.2) is 53.8 Å². The molecule has 1 aliphatic heterocycles. The van der Waals surface area contributed by atoms with Crippen LogP contribution in [0.25, 0.3) is 10.9 Å². The number of aryl methyl sites for hydroxylation is 1. The van der Waals surface area contributed by atoms with E-state index in [0.29, 0.717) is 25.4 Å². The number of nitrogens with zero attached hydrogens (tertiary/aromatic N) is 2. The molecule has 4 rings (SSSR count). The smallest absolute Gasteiger partial charge is 0.313 e. The van der Waals surface area contributed by atoms with E-state index in [9.17, 15) is 14.4 Å². The Morgan fingerprint density at radius 2 is 1.81 bits per heavy atom. The minimum absolute atomic E-state index is 0.212. The lowest BCUT2D eigenvalue weighted by Crippen LogP contribution is -2.48. The fourth-order valence-corrected chi connectivity index (χ4v) is 3.68. The van der Waals surface area contributed by atoms with Crippen LogP contribution in [0.4, 0.5) is 5.69 Å². The summed E-state index contributed by atoms with van der Waals surface area (Å²) in [5.41, 5.74) is 2.93. The molecule has 2 heterocycles. The average Bonchev–Trinajstić information content (AvgIpc) is 2.82. The number of morpholine rings is 1. The molecule has 164 valence electrons. The zero-order chi connectivity index (χ0) is 22.5. The molecule has 1 saturated heterocycles. The van der Waals surface area contributed by atoms with E-state index in [4.69, 9.17) is 4.74 Å². The summed E-state index contributed by atoms with van der Waals surface area (Å²) in [6.07, 6.45) is -0.212. The summed E-state index contributed by atoms with van der Waals surface area (Å²) >= 11 is 0. The van der Waals surface area contributed by atoms with Gasteiger partial charge in [0.05, 0.1) is 30.9 Å². The van der Waals surface area contributed by atoms with Crippen molar-refractivity contribution in [1.29, 1.82) is 0 Å². The Bertz CT molecular complexity index is 1150. The van der Waals surface area contributed by atoms with Crippen LogP contribution in [0.2, 0.25) is 0 Å². The lowest BCUT2D eigenvalue weighted by atomic mass is 10.1. The van der Waals surface area contributed by atoms with Crippen LogP contribution in [0.3, 0.4) is 0 Å². The molecule has 0 spiro atoms. The maximum Gasteiger partial charge on any atom is 0.313 e. The van der Waals surface area contributed by atoms with E-state index in [1.807, 2.05) is 61.5 Å². The number of fused-ring (bicyclic) bond motifs is 1. The normalized spacial score (nSPS) is 15.9. The summed E-state index contributed by atoms with van der Waals surface area (Å²) in [5, 5.41) is 5.77. The van der Waals surface area contributed by atoms with Gasteiger partial charge in [0.15, 0.2) is 0 Å². The number of pyridine rings is 1. The van der Waals surface area contributed by atoms with Gasteiger partial charge in [-0.2, -0.15) is 0 Å². The van der Waals surface area contributed by atoms with E-state index >= 15 is 0 Å². The summed E-state index contributed by atoms with van der Waals surface area (Å²) in [6, 6.07) is 18.7. The van der Waals surface area contributed by atoms with Gasteiger partial charge in [0.1, 0.15) is 6.10 Å². The third kappa shape index (κ3) is 4.92. The molecule has 8 heteroatoms. The molecule has 0 aliphatic carbocycles. The molecule has 1 aromatic heterocycles. The third-order valence-corrected chi connectivity index (χ3v) is 5.29. The molecule has 2 N–H and O–H groups in total. The first-order valence-corrected chi connectivity index (χ1v) is 10.4. The Balaban J connectivity index is 1.33. The Kier molecular flexibility index (Phi) is 6.42. The number of ether oxygens (including phenoxy) is 1. The fraction of sp³-hybridized carbons (Fsp3) is 0.250. The van der Waals surface area contributed by atoms with Crippen molar-refractivity contribution in [1.82, 2.24) is 15.2 Å². The summed E-state index contributed by atoms with van der Waals surface area (Å²) in [4.78, 5) is 43.4. The highest BCUT2D eigenvalue weighted by molar-refractivity contribution is 6.40. The van der Waals surface area contributed by atoms with Crippen molar-refractivity contribution in [3.8, 4) is 0 Å². The Morgan fingerprint density at radius 1 is 1.06 bits per heavy atom. The van der Waals surface area contributed by atoms with Gasteiger partial charge in [0.25, 0.3) is 0 Å². The van der Waals surface area contributed by atoms with Crippen molar-refractivity contribution in [3.05, 3.63) is 71.9 Å². The van der Waals surface area contributed by atoms with Gasteiger partial charge in [-0.25, -0.2) is 0 Å². The molecule has 0 bridgehead atoms. The SMILES string of the molecule is Cc1cc(NC(=O)C(=O)NCC(=O)N2CCOC(c3ccccc3)C2)c2ccccc2n1. The van der Waals surface area contributed by atoms with Crippen molar-refractivity contribution in [2.24, 2.45) is 0 Å². The van der Waals surface area contributed by atoms with Crippen LogP contribution in [-0.2, 0) is 19.1 Å². The van der Waals surface area contributed by atoms with Crippen molar-refractivity contribution < 1.29 is 19.1 Å². The first-order valence-electron chi connectivity index (χ1n) is 10.4. The Labute approximate surface area is 185 Å². The number of anilines is 1. The van der Waals surface area contributed by atoms with E-state index in [2.05, 4.69) is 15.6 Å². The predicted octanol–water partition coefficient (Wildman–Crippen LogP) is 2.20. The topological polar surface area (TPSA) is 101 Å². The molecular weight excluding hydrogens is 408 g/mol. The van der Waals surface area contributed by atoms with Crippen molar-refractivity contribution >= 4 is 34.3 Å². The van der Waals surface area contributed by atoms with Gasteiger partial charge < -0.3 is 20.3 Å². The number of para-hydroxylation sites is 1. The lowest BCUT2D eigenvalue weighted by Gasteiger charge is -2.33. The summed E-state index contributed by atoms with van der Waals surface area (Å²) in [7, 11) is 0. The summed E-state index contributed by atoms with van der Waals surface area (Å²) in [5.74, 6) is -1.97. The zero-order valence-corrected chi connectivity index (χ0v) is 17.7. The number of carbonyl (C=O) groups excluding carboxylic acids is 3. The van der Waals surface area contributed by atoms with Gasteiger partial charge in [-0.15, -0.1) is 0 Å². The summed E-state index contributed by atoms with van der Waals surface area (Å²) < 4.78 is 5.77. The van der Waals surface area contributed by atoms with Gasteiger partial charge in [-0.05, 0) is 24.6 Å². The molecule has 1 atom stereocenters. The van der Waals surface area contributed by atoms with Gasteiger partial charge in [0, 0.05) is 17.6 Å². The maximum atomic E-state index is 12.6. The summed E-state index contributed by atoms with van der Waals surface area (Å²) in [6.45, 7) is 2.80. The number of nitrogens with one attached hydrogen (secondary N) is 2. The second kappa shape index (κ2) is 9.57. The first-order chi connectivity index (χ1) is 15.5. The van der Waals surface area contributed by atoms with Crippen LogP contribution in [0.5, 0.6) is 0 Å². The second-order valence-corrected chi connectivity index (χ2v) is 7.58. The molecule has 8 nitrogen and oxygen atoms in total. The van der Waals surface area contributed by atoms with Crippen LogP contribution < -0.4 is 10.6 Å². The van der Waals surface area contributed by atoms with E-state index in [0.717, 1.165) is 22.2 Å². The number of amides is 3. The van der Waals surface area contributed by atoms with E-state index < -0.39 is 11.8 Å². The first kappa shape index (κ1) is 21.5. The quantitative estimate of drug-likeness (QED) is 0.616. The fourth-order valence-electron chi connectivity index (χ4n) is 3.68. The second-order valence-electron chi connectivity index (χ2n) is 7.58. The minimum atomic E-state index is -0.871. The third-order valence-electron chi connectivity index (χ3n) is 5.29. The maximum absolute atomic E-state index is 12.6. The zero-order valence-electron chi connectivity index (χ0n) is 17.7. The number of carbonyl (C=O) groups is 3. The van der Waals surface area contributed by atoms with E-state index in [1.54, 1.807) is 11.0 Å². The molecule has 1 fully saturated rings. The minimum Gasteiger partial charge on any atom is -0.370 e.